The van der Waals surface area contributed by atoms with Gasteiger partial charge in [-0.2, -0.15) is 4.74 Å². The predicted molar refractivity (Wildman–Crippen MR) is 102 cm³/mol. The first-order valence-corrected chi connectivity index (χ1v) is 8.75. The highest BCUT2D eigenvalue weighted by molar-refractivity contribution is 8.24. The Bertz CT molecular complexity index is 793. The third-order valence-electron chi connectivity index (χ3n) is 3.86. The molecule has 0 amide bonds. The number of rotatable bonds is 3. The van der Waals surface area contributed by atoms with E-state index in [1.807, 2.05) is 49.1 Å². The van der Waals surface area contributed by atoms with Crippen molar-refractivity contribution in [3.8, 4) is 0 Å². The molecule has 0 spiro atoms. The first-order valence-electron chi connectivity index (χ1n) is 7.52. The molecule has 0 aliphatic carbocycles. The molecule has 1 unspecified atom stereocenters. The summed E-state index contributed by atoms with van der Waals surface area (Å²) in [6.45, 7) is 3.94. The van der Waals surface area contributed by atoms with Crippen LogP contribution in [0.15, 0.2) is 54.6 Å². The van der Waals surface area contributed by atoms with Gasteiger partial charge in [0.15, 0.2) is 6.21 Å². The second-order valence-corrected chi connectivity index (χ2v) is 8.35. The van der Waals surface area contributed by atoms with E-state index in [2.05, 4.69) is 0 Å². The lowest BCUT2D eigenvalue weighted by atomic mass is 10.1. The van der Waals surface area contributed by atoms with Gasteiger partial charge in [-0.1, -0.05) is 54.3 Å². The minimum absolute atomic E-state index is 0.263. The third kappa shape index (κ3) is 3.16. The smallest absolute Gasteiger partial charge is 0.258 e. The van der Waals surface area contributed by atoms with Crippen LogP contribution in [0.3, 0.4) is 0 Å². The molecule has 0 radical (unpaired) electrons. The monoisotopic (exact) mass is 360 g/mol. The molecule has 6 heteroatoms. The van der Waals surface area contributed by atoms with Crippen molar-refractivity contribution < 1.29 is 9.13 Å². The van der Waals surface area contributed by atoms with Gasteiger partial charge in [-0.3, -0.25) is 4.90 Å². The van der Waals surface area contributed by atoms with Gasteiger partial charge < -0.3 is 5.21 Å². The number of hydroxylamine groups is 1. The molecule has 2 aromatic carbocycles. The number of hydrogen-bond acceptors (Lipinski definition) is 3. The Balaban J connectivity index is 2.05. The molecule has 1 fully saturated rings. The van der Waals surface area contributed by atoms with Gasteiger partial charge in [0.05, 0.1) is 5.56 Å². The second-order valence-electron chi connectivity index (χ2n) is 6.06. The summed E-state index contributed by atoms with van der Waals surface area (Å²) >= 11 is 6.97. The van der Waals surface area contributed by atoms with Crippen molar-refractivity contribution in [2.24, 2.45) is 0 Å². The van der Waals surface area contributed by atoms with E-state index in [4.69, 9.17) is 12.2 Å². The van der Waals surface area contributed by atoms with Crippen LogP contribution in [-0.2, 0) is 0 Å². The lowest BCUT2D eigenvalue weighted by Crippen LogP contribution is -2.48. The van der Waals surface area contributed by atoms with Crippen LogP contribution >= 0.6 is 24.0 Å². The van der Waals surface area contributed by atoms with Crippen molar-refractivity contribution in [1.82, 2.24) is 0 Å². The van der Waals surface area contributed by atoms with E-state index in [-0.39, 0.29) is 5.56 Å². The fourth-order valence-corrected chi connectivity index (χ4v) is 4.70. The summed E-state index contributed by atoms with van der Waals surface area (Å²) in [7, 11) is 0. The SMILES string of the molecule is CC1(C)SC(=S)N(c2ccccc2)C1[N+]([O-])=Cc1ccccc1F. The molecule has 0 N–H and O–H groups in total. The summed E-state index contributed by atoms with van der Waals surface area (Å²) in [5.74, 6) is -0.421. The largest absolute Gasteiger partial charge is 0.622 e. The van der Waals surface area contributed by atoms with E-state index in [0.717, 1.165) is 10.4 Å². The Labute approximate surface area is 150 Å². The van der Waals surface area contributed by atoms with Gasteiger partial charge >= 0.3 is 0 Å². The van der Waals surface area contributed by atoms with Crippen molar-refractivity contribution in [1.29, 1.82) is 0 Å². The van der Waals surface area contributed by atoms with Gasteiger partial charge in [0, 0.05) is 5.69 Å². The van der Waals surface area contributed by atoms with Gasteiger partial charge in [-0.25, -0.2) is 4.39 Å². The van der Waals surface area contributed by atoms with Crippen LogP contribution in [0.1, 0.15) is 19.4 Å². The topological polar surface area (TPSA) is 29.3 Å². The minimum Gasteiger partial charge on any atom is -0.622 e. The van der Waals surface area contributed by atoms with E-state index in [0.29, 0.717) is 4.32 Å². The molecule has 1 saturated heterocycles. The molecular formula is C18H17FN2OS2. The Morgan fingerprint density at radius 3 is 2.46 bits per heavy atom. The average Bonchev–Trinajstić information content (AvgIpc) is 2.79. The number of halogens is 1. The van der Waals surface area contributed by atoms with Crippen molar-refractivity contribution in [3.05, 3.63) is 71.2 Å². The molecule has 0 aromatic heterocycles. The Morgan fingerprint density at radius 1 is 1.17 bits per heavy atom. The Kier molecular flexibility index (Phi) is 4.60. The van der Waals surface area contributed by atoms with E-state index in [1.54, 1.807) is 18.2 Å². The number of nitrogens with zero attached hydrogens (tertiary/aromatic N) is 2. The third-order valence-corrected chi connectivity index (χ3v) is 5.42. The molecule has 124 valence electrons. The first kappa shape index (κ1) is 16.9. The maximum absolute atomic E-state index is 13.9. The molecule has 2 aromatic rings. The van der Waals surface area contributed by atoms with Gasteiger partial charge in [0.1, 0.15) is 14.9 Å². The Hall–Kier alpha value is -1.92. The maximum atomic E-state index is 13.9. The highest BCUT2D eigenvalue weighted by Crippen LogP contribution is 2.43. The van der Waals surface area contributed by atoms with Gasteiger partial charge in [-0.15, -0.1) is 0 Å². The maximum Gasteiger partial charge on any atom is 0.258 e. The number of benzene rings is 2. The minimum atomic E-state index is -0.558. The Morgan fingerprint density at radius 2 is 1.79 bits per heavy atom. The summed E-state index contributed by atoms with van der Waals surface area (Å²) in [6.07, 6.45) is 0.739. The molecule has 1 heterocycles. The number of para-hydroxylation sites is 1. The van der Waals surface area contributed by atoms with E-state index < -0.39 is 16.7 Å². The van der Waals surface area contributed by atoms with E-state index >= 15 is 0 Å². The van der Waals surface area contributed by atoms with Crippen LogP contribution in [0.5, 0.6) is 0 Å². The summed E-state index contributed by atoms with van der Waals surface area (Å²) in [5.41, 5.74) is 1.12. The summed E-state index contributed by atoms with van der Waals surface area (Å²) in [5, 5.41) is 12.9. The van der Waals surface area contributed by atoms with Gasteiger partial charge in [0.2, 0.25) is 0 Å². The van der Waals surface area contributed by atoms with Gasteiger partial charge in [-0.05, 0) is 38.1 Å². The lowest BCUT2D eigenvalue weighted by molar-refractivity contribution is -0.497. The van der Waals surface area contributed by atoms with Crippen molar-refractivity contribution in [2.75, 3.05) is 4.90 Å². The number of hydrogen-bond donors (Lipinski definition) is 0. The van der Waals surface area contributed by atoms with Crippen LogP contribution in [-0.4, -0.2) is 26.2 Å². The molecule has 24 heavy (non-hydrogen) atoms. The van der Waals surface area contributed by atoms with Crippen LogP contribution in [0.4, 0.5) is 10.1 Å². The second kappa shape index (κ2) is 6.53. The number of anilines is 1. The zero-order valence-corrected chi connectivity index (χ0v) is 15.0. The number of thioether (sulfide) groups is 1. The molecule has 3 rings (SSSR count). The molecule has 3 nitrogen and oxygen atoms in total. The van der Waals surface area contributed by atoms with Crippen LogP contribution in [0, 0.1) is 11.0 Å². The van der Waals surface area contributed by atoms with Crippen molar-refractivity contribution >= 4 is 40.2 Å². The highest BCUT2D eigenvalue weighted by Gasteiger charge is 2.51. The van der Waals surface area contributed by atoms with E-state index in [1.165, 1.54) is 24.0 Å². The zero-order valence-electron chi connectivity index (χ0n) is 13.3. The van der Waals surface area contributed by atoms with Crippen LogP contribution in [0.2, 0.25) is 0 Å². The molecule has 1 atom stereocenters. The normalized spacial score (nSPS) is 20.5. The first-order chi connectivity index (χ1) is 11.4. The molecule has 0 saturated carbocycles. The van der Waals surface area contributed by atoms with Crippen LogP contribution in [0.25, 0.3) is 0 Å². The van der Waals surface area contributed by atoms with E-state index in [9.17, 15) is 9.60 Å². The molecule has 0 bridgehead atoms. The molecule has 1 aliphatic heterocycles. The van der Waals surface area contributed by atoms with Crippen molar-refractivity contribution in [2.45, 2.75) is 24.8 Å². The summed E-state index contributed by atoms with van der Waals surface area (Å²) in [4.78, 5) is 1.84. The summed E-state index contributed by atoms with van der Waals surface area (Å²) in [6, 6.07) is 15.8. The van der Waals surface area contributed by atoms with Crippen LogP contribution < -0.4 is 4.90 Å². The molecule has 1 aliphatic rings. The predicted octanol–water partition coefficient (Wildman–Crippen LogP) is 4.40. The fourth-order valence-electron chi connectivity index (χ4n) is 2.78. The highest BCUT2D eigenvalue weighted by atomic mass is 32.2. The quantitative estimate of drug-likeness (QED) is 0.267. The van der Waals surface area contributed by atoms with Gasteiger partial charge in [0.25, 0.3) is 6.17 Å². The number of thiocarbonyl (C=S) groups is 1. The van der Waals surface area contributed by atoms with Crippen molar-refractivity contribution in [3.63, 3.8) is 0 Å². The standard InChI is InChI=1S/C18H17FN2OS2/c1-18(2)16(20(22)12-13-8-6-7-11-15(13)19)21(17(23)24-18)14-9-4-3-5-10-14/h3-12,16H,1-2H3. The average molecular weight is 360 g/mol. The fraction of sp³-hybridized carbons (Fsp3) is 0.222. The lowest BCUT2D eigenvalue weighted by Gasteiger charge is -2.29. The summed E-state index contributed by atoms with van der Waals surface area (Å²) < 4.78 is 14.9. The molecular weight excluding hydrogens is 343 g/mol. The zero-order chi connectivity index (χ0) is 17.3.